The van der Waals surface area contributed by atoms with Crippen LogP contribution in [0.15, 0.2) is 0 Å². The smallest absolute Gasteiger partial charge is 0.794 e. The van der Waals surface area contributed by atoms with Crippen LogP contribution < -0.4 is 34.4 Å². The van der Waals surface area contributed by atoms with Crippen LogP contribution in [0.25, 0.3) is 0 Å². The molecule has 6 nitrogen and oxygen atoms in total. The quantitative estimate of drug-likeness (QED) is 0.274. The van der Waals surface area contributed by atoms with Crippen LogP contribution in [-0.2, 0) is 4.79 Å². The molecule has 10 heavy (non-hydrogen) atoms. The fraction of sp³-hybridized carbons (Fsp3) is 0.500. The molecule has 0 aromatic rings. The van der Waals surface area contributed by atoms with Crippen LogP contribution in [0.3, 0.4) is 0 Å². The normalized spacial score (nSPS) is 8.50. The van der Waals surface area contributed by atoms with Gasteiger partial charge in [-0.15, -0.1) is 0 Å². The molecule has 0 saturated carbocycles. The minimum absolute atomic E-state index is 0. The first-order chi connectivity index (χ1) is 3.73. The van der Waals surface area contributed by atoms with Crippen molar-refractivity contribution in [3.8, 4) is 0 Å². The molecule has 0 rings (SSSR count). The Hall–Kier alpha value is 0.527. The first kappa shape index (κ1) is 16.9. The molecule has 0 heterocycles. The molecule has 0 aromatic carbocycles. The molecule has 0 aliphatic heterocycles. The van der Waals surface area contributed by atoms with E-state index in [0.717, 1.165) is 6.92 Å². The average Bonchev–Trinajstić information content (AvgIpc) is 1.19. The minimum Gasteiger partial charge on any atom is -0.794 e. The maximum Gasteiger partial charge on any atom is 1.00 e. The molecule has 0 fully saturated rings. The van der Waals surface area contributed by atoms with Crippen molar-refractivity contribution in [2.45, 2.75) is 6.92 Å². The van der Waals surface area contributed by atoms with Gasteiger partial charge in [0.15, 0.2) is 0 Å². The average molecular weight is 178 g/mol. The predicted molar refractivity (Wildman–Crippen MR) is 25.7 cm³/mol. The zero-order valence-corrected chi connectivity index (χ0v) is 8.61. The van der Waals surface area contributed by atoms with Crippen LogP contribution in [0.2, 0.25) is 0 Å². The van der Waals surface area contributed by atoms with Gasteiger partial charge in [-0.05, 0) is 0 Å². The first-order valence-electron chi connectivity index (χ1n) is 1.80. The molecule has 56 valence electrons. The molecular weight excluding hydrogens is 171 g/mol. The Labute approximate surface area is 80.5 Å². The molecule has 0 aliphatic rings. The van der Waals surface area contributed by atoms with E-state index in [9.17, 15) is 0 Å². The molecule has 0 aromatic heterocycles. The van der Waals surface area contributed by atoms with Crippen LogP contribution >= 0.6 is 0 Å². The number of carbonyl (C=O) groups is 1. The number of hydrogen-bond donors (Lipinski definition) is 4. The summed E-state index contributed by atoms with van der Waals surface area (Å²) >= 11 is 0. The first-order valence-corrected chi connectivity index (χ1v) is 3.55. The van der Waals surface area contributed by atoms with E-state index in [1.54, 1.807) is 0 Å². The molecule has 8 heteroatoms. The SMILES string of the molecule is CC(=O)O.[Na+].[O-][Si](O)(O)O. The Bertz CT molecular complexity index is 78.2. The fourth-order valence-corrected chi connectivity index (χ4v) is 0. The number of hydrogen-bond acceptors (Lipinski definition) is 5. The maximum absolute atomic E-state index is 9.00. The second-order valence-corrected chi connectivity index (χ2v) is 2.24. The molecule has 0 spiro atoms. The predicted octanol–water partition coefficient (Wildman–Crippen LogP) is -6.15. The summed E-state index contributed by atoms with van der Waals surface area (Å²) < 4.78 is 0. The van der Waals surface area contributed by atoms with Gasteiger partial charge in [-0.1, -0.05) is 0 Å². The Morgan fingerprint density at radius 1 is 1.40 bits per heavy atom. The molecule has 4 N–H and O–H groups in total. The van der Waals surface area contributed by atoms with Crippen molar-refractivity contribution in [1.82, 2.24) is 0 Å². The molecule has 0 aliphatic carbocycles. The fourth-order valence-electron chi connectivity index (χ4n) is 0. The standard InChI is InChI=1S/C2H4O2.Na.H3O4Si/c1-2(3)4;;1-5(2,3)4/h1H3,(H,3,4);;1-3H/q;+1;-1. The van der Waals surface area contributed by atoms with E-state index in [1.165, 1.54) is 0 Å². The summed E-state index contributed by atoms with van der Waals surface area (Å²) in [5, 5.41) is 7.42. The third-order valence-corrected chi connectivity index (χ3v) is 0. The van der Waals surface area contributed by atoms with E-state index in [2.05, 4.69) is 0 Å². The van der Waals surface area contributed by atoms with Gasteiger partial charge < -0.3 is 24.3 Å². The summed E-state index contributed by atoms with van der Waals surface area (Å²) in [6.45, 7) is 1.08. The zero-order valence-electron chi connectivity index (χ0n) is 5.61. The third-order valence-electron chi connectivity index (χ3n) is 0. The van der Waals surface area contributed by atoms with Crippen LogP contribution in [0.4, 0.5) is 0 Å². The molecular formula is C2H7NaO6Si. The second-order valence-electron chi connectivity index (χ2n) is 1.09. The summed E-state index contributed by atoms with van der Waals surface area (Å²) in [4.78, 5) is 39.6. The van der Waals surface area contributed by atoms with Crippen LogP contribution in [0, 0.1) is 0 Å². The molecule has 0 saturated heterocycles. The Kier molecular flexibility index (Phi) is 12.9. The van der Waals surface area contributed by atoms with Gasteiger partial charge in [-0.25, -0.2) is 0 Å². The summed E-state index contributed by atoms with van der Waals surface area (Å²) in [7, 11) is -4.86. The van der Waals surface area contributed by atoms with Crippen molar-refractivity contribution in [3.05, 3.63) is 0 Å². The van der Waals surface area contributed by atoms with Crippen LogP contribution in [0.5, 0.6) is 0 Å². The van der Waals surface area contributed by atoms with Gasteiger partial charge in [0.2, 0.25) is 0 Å². The number of rotatable bonds is 0. The largest absolute Gasteiger partial charge is 1.00 e. The van der Waals surface area contributed by atoms with E-state index in [4.69, 9.17) is 29.1 Å². The van der Waals surface area contributed by atoms with Gasteiger partial charge in [0.25, 0.3) is 5.97 Å². The molecule has 0 unspecified atom stereocenters. The third kappa shape index (κ3) is 1740. The Balaban J connectivity index is -0.0000000910. The second kappa shape index (κ2) is 7.63. The van der Waals surface area contributed by atoms with E-state index < -0.39 is 15.0 Å². The van der Waals surface area contributed by atoms with E-state index >= 15 is 0 Å². The van der Waals surface area contributed by atoms with Gasteiger partial charge in [-0.3, -0.25) is 4.79 Å². The molecule has 0 bridgehead atoms. The maximum atomic E-state index is 9.00. The van der Waals surface area contributed by atoms with Crippen LogP contribution in [0.1, 0.15) is 6.92 Å². The van der Waals surface area contributed by atoms with Crippen molar-refractivity contribution in [2.24, 2.45) is 0 Å². The van der Waals surface area contributed by atoms with Crippen molar-refractivity contribution >= 4 is 15.0 Å². The monoisotopic (exact) mass is 178 g/mol. The number of carboxylic acid groups (broad SMARTS) is 1. The summed E-state index contributed by atoms with van der Waals surface area (Å²) in [6.07, 6.45) is 0. The summed E-state index contributed by atoms with van der Waals surface area (Å²) in [5.41, 5.74) is 0. The topological polar surface area (TPSA) is 121 Å². The van der Waals surface area contributed by atoms with E-state index in [1.807, 2.05) is 0 Å². The van der Waals surface area contributed by atoms with Crippen molar-refractivity contribution in [2.75, 3.05) is 0 Å². The zero-order chi connectivity index (χ0) is 8.08. The summed E-state index contributed by atoms with van der Waals surface area (Å²) in [6, 6.07) is 0. The van der Waals surface area contributed by atoms with Crippen molar-refractivity contribution in [1.29, 1.82) is 0 Å². The van der Waals surface area contributed by atoms with E-state index in [-0.39, 0.29) is 29.6 Å². The van der Waals surface area contributed by atoms with Gasteiger partial charge in [0, 0.05) is 6.92 Å². The minimum atomic E-state index is -4.86. The van der Waals surface area contributed by atoms with E-state index in [0.29, 0.717) is 0 Å². The van der Waals surface area contributed by atoms with Gasteiger partial charge in [-0.2, -0.15) is 0 Å². The number of carboxylic acids is 1. The van der Waals surface area contributed by atoms with Gasteiger partial charge in [0.05, 0.1) is 0 Å². The van der Waals surface area contributed by atoms with Crippen molar-refractivity contribution < 1.29 is 58.6 Å². The summed E-state index contributed by atoms with van der Waals surface area (Å²) in [5.74, 6) is -0.833. The Morgan fingerprint density at radius 3 is 1.40 bits per heavy atom. The molecule has 0 atom stereocenters. The van der Waals surface area contributed by atoms with Crippen molar-refractivity contribution in [3.63, 3.8) is 0 Å². The van der Waals surface area contributed by atoms with Crippen LogP contribution in [-0.4, -0.2) is 34.5 Å². The van der Waals surface area contributed by atoms with Gasteiger partial charge in [0.1, 0.15) is 0 Å². The number of aliphatic carboxylic acids is 1. The molecule has 0 amide bonds. The van der Waals surface area contributed by atoms with Gasteiger partial charge >= 0.3 is 38.6 Å². The Morgan fingerprint density at radius 2 is 1.40 bits per heavy atom. The molecule has 0 radical (unpaired) electrons.